The van der Waals surface area contributed by atoms with E-state index in [-0.39, 0.29) is 24.3 Å². The molecule has 2 atom stereocenters. The summed E-state index contributed by atoms with van der Waals surface area (Å²) >= 11 is 0. The van der Waals surface area contributed by atoms with E-state index >= 15 is 0 Å². The van der Waals surface area contributed by atoms with Crippen molar-refractivity contribution in [1.82, 2.24) is 10.6 Å². The lowest BCUT2D eigenvalue weighted by Crippen LogP contribution is -2.57. The number of hydrogen-bond acceptors (Lipinski definition) is 7. The molecule has 10 heteroatoms. The van der Waals surface area contributed by atoms with Gasteiger partial charge in [0, 0.05) is 12.1 Å². The van der Waals surface area contributed by atoms with Gasteiger partial charge in [-0.15, -0.1) is 0 Å². The Morgan fingerprint density at radius 3 is 2.37 bits per heavy atom. The number of nitrogens with one attached hydrogen (secondary N) is 2. The van der Waals surface area contributed by atoms with Crippen LogP contribution in [0.1, 0.15) is 33.6 Å². The first-order valence-electron chi connectivity index (χ1n) is 8.31. The number of nitrogens with zero attached hydrogens (tertiary/aromatic N) is 1. The molecule has 0 unspecified atom stereocenters. The Bertz CT molecular complexity index is 740. The molecule has 27 heavy (non-hydrogen) atoms. The number of rotatable bonds is 4. The van der Waals surface area contributed by atoms with E-state index in [0.717, 1.165) is 0 Å². The average molecular weight is 379 g/mol. The summed E-state index contributed by atoms with van der Waals surface area (Å²) in [6.07, 6.45) is -0.210. The zero-order valence-electron chi connectivity index (χ0n) is 15.2. The van der Waals surface area contributed by atoms with Gasteiger partial charge in [-0.05, 0) is 45.7 Å². The van der Waals surface area contributed by atoms with Crippen LogP contribution in [0, 0.1) is 10.1 Å². The maximum atomic E-state index is 12.2. The molecular weight excluding hydrogens is 358 g/mol. The van der Waals surface area contributed by atoms with Crippen molar-refractivity contribution in [2.24, 2.45) is 0 Å². The molecule has 1 saturated heterocycles. The second-order valence-corrected chi connectivity index (χ2v) is 7.01. The number of carbonyl (C=O) groups is 3. The molecule has 2 rings (SSSR count). The second kappa shape index (κ2) is 8.02. The largest absolute Gasteiger partial charge is 0.444 e. The summed E-state index contributed by atoms with van der Waals surface area (Å²) in [5.74, 6) is -1.07. The van der Waals surface area contributed by atoms with Crippen LogP contribution in [-0.4, -0.2) is 40.6 Å². The van der Waals surface area contributed by atoms with Crippen molar-refractivity contribution in [2.45, 2.75) is 51.3 Å². The van der Waals surface area contributed by atoms with Crippen LogP contribution in [0.25, 0.3) is 0 Å². The zero-order chi connectivity index (χ0) is 20.2. The van der Waals surface area contributed by atoms with Crippen LogP contribution in [0.5, 0.6) is 5.75 Å². The highest BCUT2D eigenvalue weighted by Gasteiger charge is 2.34. The first-order chi connectivity index (χ1) is 12.5. The highest BCUT2D eigenvalue weighted by atomic mass is 16.6. The lowest BCUT2D eigenvalue weighted by atomic mass is 10.00. The summed E-state index contributed by atoms with van der Waals surface area (Å²) in [5, 5.41) is 15.6. The summed E-state index contributed by atoms with van der Waals surface area (Å²) in [5.41, 5.74) is -0.816. The van der Waals surface area contributed by atoms with Gasteiger partial charge in [-0.2, -0.15) is 0 Å². The van der Waals surface area contributed by atoms with Crippen molar-refractivity contribution >= 4 is 23.7 Å². The van der Waals surface area contributed by atoms with E-state index < -0.39 is 40.6 Å². The number of non-ortho nitro benzene ring substituents is 1. The Morgan fingerprint density at radius 2 is 1.85 bits per heavy atom. The topological polar surface area (TPSA) is 137 Å². The molecule has 2 amide bonds. The van der Waals surface area contributed by atoms with Crippen LogP contribution in [-0.2, 0) is 14.3 Å². The Balaban J connectivity index is 1.87. The van der Waals surface area contributed by atoms with E-state index in [1.807, 2.05) is 0 Å². The SMILES string of the molecule is CC(C)(C)OC(=O)N[C@H]1CC[C@@H](C(=O)Oc2ccc([N+](=O)[O-])cc2)NC1=O. The van der Waals surface area contributed by atoms with Gasteiger partial charge in [0.2, 0.25) is 5.91 Å². The van der Waals surface area contributed by atoms with Gasteiger partial charge in [0.1, 0.15) is 23.4 Å². The molecule has 0 spiro atoms. The minimum atomic E-state index is -0.871. The summed E-state index contributed by atoms with van der Waals surface area (Å²) in [7, 11) is 0. The quantitative estimate of drug-likeness (QED) is 0.351. The number of nitro benzene ring substituents is 1. The molecule has 0 aliphatic carbocycles. The Labute approximate surface area is 155 Å². The number of benzene rings is 1. The van der Waals surface area contributed by atoms with Crippen LogP contribution in [0.15, 0.2) is 24.3 Å². The molecule has 0 aromatic heterocycles. The van der Waals surface area contributed by atoms with E-state index in [9.17, 15) is 24.5 Å². The molecule has 1 fully saturated rings. The normalized spacial score (nSPS) is 19.6. The van der Waals surface area contributed by atoms with E-state index in [1.54, 1.807) is 20.8 Å². The number of alkyl carbamates (subject to hydrolysis) is 1. The number of nitro groups is 1. The highest BCUT2D eigenvalue weighted by Crippen LogP contribution is 2.19. The third-order valence-corrected chi connectivity index (χ3v) is 3.62. The van der Waals surface area contributed by atoms with Crippen molar-refractivity contribution < 1.29 is 28.8 Å². The van der Waals surface area contributed by atoms with Gasteiger partial charge in [0.25, 0.3) is 5.69 Å². The van der Waals surface area contributed by atoms with E-state index in [4.69, 9.17) is 9.47 Å². The minimum Gasteiger partial charge on any atom is -0.444 e. The van der Waals surface area contributed by atoms with E-state index in [0.29, 0.717) is 0 Å². The number of piperidine rings is 1. The predicted octanol–water partition coefficient (Wildman–Crippen LogP) is 1.67. The Kier molecular flexibility index (Phi) is 5.98. The van der Waals surface area contributed by atoms with Crippen molar-refractivity contribution in [1.29, 1.82) is 0 Å². The second-order valence-electron chi connectivity index (χ2n) is 7.01. The van der Waals surface area contributed by atoms with Crippen molar-refractivity contribution in [3.8, 4) is 5.75 Å². The maximum absolute atomic E-state index is 12.2. The van der Waals surface area contributed by atoms with Gasteiger partial charge in [-0.1, -0.05) is 0 Å². The zero-order valence-corrected chi connectivity index (χ0v) is 15.2. The molecular formula is C17H21N3O7. The molecule has 1 heterocycles. The van der Waals surface area contributed by atoms with Crippen molar-refractivity contribution in [3.05, 3.63) is 34.4 Å². The summed E-state index contributed by atoms with van der Waals surface area (Å²) in [6.45, 7) is 5.12. The minimum absolute atomic E-state index is 0.128. The fourth-order valence-corrected chi connectivity index (χ4v) is 2.40. The number of amides is 2. The van der Waals surface area contributed by atoms with Gasteiger partial charge >= 0.3 is 12.1 Å². The highest BCUT2D eigenvalue weighted by molar-refractivity contribution is 5.91. The van der Waals surface area contributed by atoms with Crippen molar-refractivity contribution in [3.63, 3.8) is 0 Å². The predicted molar refractivity (Wildman–Crippen MR) is 93.1 cm³/mol. The molecule has 146 valence electrons. The Morgan fingerprint density at radius 1 is 1.22 bits per heavy atom. The smallest absolute Gasteiger partial charge is 0.408 e. The first-order valence-corrected chi connectivity index (χ1v) is 8.31. The van der Waals surface area contributed by atoms with E-state index in [2.05, 4.69) is 10.6 Å². The summed E-state index contributed by atoms with van der Waals surface area (Å²) in [4.78, 5) is 46.1. The van der Waals surface area contributed by atoms with Gasteiger partial charge in [0.05, 0.1) is 4.92 Å². The molecule has 2 N–H and O–H groups in total. The molecule has 10 nitrogen and oxygen atoms in total. The lowest BCUT2D eigenvalue weighted by molar-refractivity contribution is -0.384. The van der Waals surface area contributed by atoms with Gasteiger partial charge < -0.3 is 20.1 Å². The summed E-state index contributed by atoms with van der Waals surface area (Å²) in [6, 6.07) is 3.35. The fourth-order valence-electron chi connectivity index (χ4n) is 2.40. The number of carbonyl (C=O) groups excluding carboxylic acids is 3. The monoisotopic (exact) mass is 379 g/mol. The Hall–Kier alpha value is -3.17. The number of hydrogen-bond donors (Lipinski definition) is 2. The van der Waals surface area contributed by atoms with E-state index in [1.165, 1.54) is 24.3 Å². The van der Waals surface area contributed by atoms with Crippen LogP contribution >= 0.6 is 0 Å². The van der Waals surface area contributed by atoms with Gasteiger partial charge in [-0.3, -0.25) is 14.9 Å². The third-order valence-electron chi connectivity index (χ3n) is 3.62. The standard InChI is InChI=1S/C17H21N3O7/c1-17(2,3)27-16(23)19-12-8-9-13(18-14(12)21)15(22)26-11-6-4-10(5-7-11)20(24)25/h4-7,12-13H,8-9H2,1-3H3,(H,18,21)(H,19,23)/t12-,13-/m0/s1. The van der Waals surface area contributed by atoms with Crippen LogP contribution < -0.4 is 15.4 Å². The molecule has 0 radical (unpaired) electrons. The molecule has 0 bridgehead atoms. The summed E-state index contributed by atoms with van der Waals surface area (Å²) < 4.78 is 10.2. The average Bonchev–Trinajstić information content (AvgIpc) is 2.55. The lowest BCUT2D eigenvalue weighted by Gasteiger charge is -2.29. The van der Waals surface area contributed by atoms with Gasteiger partial charge in [-0.25, -0.2) is 9.59 Å². The van der Waals surface area contributed by atoms with Crippen LogP contribution in [0.3, 0.4) is 0 Å². The fraction of sp³-hybridized carbons (Fsp3) is 0.471. The molecule has 1 aliphatic rings. The van der Waals surface area contributed by atoms with Crippen molar-refractivity contribution in [2.75, 3.05) is 0 Å². The number of esters is 1. The van der Waals surface area contributed by atoms with Gasteiger partial charge in [0.15, 0.2) is 0 Å². The first kappa shape index (κ1) is 20.1. The third kappa shape index (κ3) is 5.94. The van der Waals surface area contributed by atoms with Crippen LogP contribution in [0.2, 0.25) is 0 Å². The molecule has 1 aliphatic heterocycles. The number of ether oxygens (including phenoxy) is 2. The molecule has 0 saturated carbocycles. The maximum Gasteiger partial charge on any atom is 0.408 e. The molecule has 1 aromatic rings. The molecule has 1 aromatic carbocycles. The van der Waals surface area contributed by atoms with Crippen LogP contribution in [0.4, 0.5) is 10.5 Å².